The summed E-state index contributed by atoms with van der Waals surface area (Å²) in [4.78, 5) is 29.3. The van der Waals surface area contributed by atoms with Crippen molar-refractivity contribution in [2.75, 3.05) is 5.43 Å². The molecule has 0 unspecified atom stereocenters. The van der Waals surface area contributed by atoms with E-state index in [0.717, 1.165) is 16.8 Å². The summed E-state index contributed by atoms with van der Waals surface area (Å²) >= 11 is 0. The summed E-state index contributed by atoms with van der Waals surface area (Å²) in [7, 11) is 0. The predicted molar refractivity (Wildman–Crippen MR) is 103 cm³/mol. The van der Waals surface area contributed by atoms with Gasteiger partial charge < -0.3 is 0 Å². The van der Waals surface area contributed by atoms with Gasteiger partial charge in [-0.15, -0.1) is 0 Å². The zero-order chi connectivity index (χ0) is 18.6. The Morgan fingerprint density at radius 3 is 2.70 bits per heavy atom. The third kappa shape index (κ3) is 3.77. The van der Waals surface area contributed by atoms with Gasteiger partial charge in [-0.05, 0) is 24.5 Å². The zero-order valence-electron chi connectivity index (χ0n) is 15.2. The standard InChI is InChI=1S/C20H23N5O2/c26-18(12-11-15-7-3-1-4-8-15)23-24-14-21-19-17(20(24)27)13-22-25(19)16-9-5-2-6-10-16/h2,5-6,9-10,13-15H,1,3-4,7-8,11-12H2,(H,23,26). The highest BCUT2D eigenvalue weighted by molar-refractivity contribution is 5.84. The van der Waals surface area contributed by atoms with Crippen LogP contribution in [-0.4, -0.2) is 25.3 Å². The van der Waals surface area contributed by atoms with Crippen LogP contribution in [0.4, 0.5) is 0 Å². The lowest BCUT2D eigenvalue weighted by atomic mass is 9.86. The highest BCUT2D eigenvalue weighted by atomic mass is 16.2. The highest BCUT2D eigenvalue weighted by Crippen LogP contribution is 2.27. The monoisotopic (exact) mass is 365 g/mol. The minimum Gasteiger partial charge on any atom is -0.273 e. The van der Waals surface area contributed by atoms with E-state index in [1.807, 2.05) is 30.3 Å². The lowest BCUT2D eigenvalue weighted by Gasteiger charge is -2.21. The Kier molecular flexibility index (Phi) is 5.00. The van der Waals surface area contributed by atoms with Gasteiger partial charge in [0, 0.05) is 6.42 Å². The van der Waals surface area contributed by atoms with Crippen LogP contribution in [0.5, 0.6) is 0 Å². The van der Waals surface area contributed by atoms with Crippen molar-refractivity contribution < 1.29 is 4.79 Å². The Hall–Kier alpha value is -2.96. The summed E-state index contributed by atoms with van der Waals surface area (Å²) in [6.07, 6.45) is 10.4. The van der Waals surface area contributed by atoms with E-state index in [1.165, 1.54) is 44.6 Å². The number of rotatable bonds is 5. The number of hydrogen-bond donors (Lipinski definition) is 1. The van der Waals surface area contributed by atoms with E-state index in [2.05, 4.69) is 15.5 Å². The molecule has 140 valence electrons. The van der Waals surface area contributed by atoms with Crippen molar-refractivity contribution in [2.45, 2.75) is 44.9 Å². The second-order valence-electron chi connectivity index (χ2n) is 7.13. The van der Waals surface area contributed by atoms with Crippen molar-refractivity contribution in [2.24, 2.45) is 5.92 Å². The molecule has 1 N–H and O–H groups in total. The van der Waals surface area contributed by atoms with E-state index in [-0.39, 0.29) is 11.5 Å². The summed E-state index contributed by atoms with van der Waals surface area (Å²) in [5, 5.41) is 4.64. The third-order valence-corrected chi connectivity index (χ3v) is 5.24. The second-order valence-corrected chi connectivity index (χ2v) is 7.13. The van der Waals surface area contributed by atoms with Gasteiger partial charge in [0.05, 0.1) is 11.9 Å². The second kappa shape index (κ2) is 7.73. The number of amides is 1. The maximum absolute atomic E-state index is 12.7. The summed E-state index contributed by atoms with van der Waals surface area (Å²) in [6.45, 7) is 0. The average molecular weight is 365 g/mol. The summed E-state index contributed by atoms with van der Waals surface area (Å²) in [5.41, 5.74) is 3.63. The lowest BCUT2D eigenvalue weighted by molar-refractivity contribution is -0.117. The fraction of sp³-hybridized carbons (Fsp3) is 0.400. The van der Waals surface area contributed by atoms with Gasteiger partial charge in [-0.25, -0.2) is 14.3 Å². The van der Waals surface area contributed by atoms with Crippen LogP contribution in [0.2, 0.25) is 0 Å². The number of hydrogen-bond acceptors (Lipinski definition) is 4. The molecule has 0 bridgehead atoms. The molecule has 0 aliphatic heterocycles. The van der Waals surface area contributed by atoms with E-state index in [0.29, 0.717) is 23.4 Å². The van der Waals surface area contributed by atoms with E-state index < -0.39 is 0 Å². The van der Waals surface area contributed by atoms with Crippen molar-refractivity contribution >= 4 is 16.9 Å². The average Bonchev–Trinajstić information content (AvgIpc) is 3.15. The van der Waals surface area contributed by atoms with Crippen molar-refractivity contribution in [3.8, 4) is 5.69 Å². The van der Waals surface area contributed by atoms with Crippen LogP contribution in [0.15, 0.2) is 47.7 Å². The summed E-state index contributed by atoms with van der Waals surface area (Å²) in [6, 6.07) is 9.51. The number of nitrogens with zero attached hydrogens (tertiary/aromatic N) is 4. The SMILES string of the molecule is O=C(CCC1CCCCC1)Nn1cnc2c(cnn2-c2ccccc2)c1=O. The minimum atomic E-state index is -0.326. The quantitative estimate of drug-likeness (QED) is 0.753. The molecule has 3 aromatic rings. The number of nitrogens with one attached hydrogen (secondary N) is 1. The molecule has 0 radical (unpaired) electrons. The number of para-hydroxylation sites is 1. The molecule has 1 aromatic carbocycles. The van der Waals surface area contributed by atoms with E-state index >= 15 is 0 Å². The molecule has 7 nitrogen and oxygen atoms in total. The smallest absolute Gasteiger partial charge is 0.273 e. The molecule has 7 heteroatoms. The molecule has 0 spiro atoms. The third-order valence-electron chi connectivity index (χ3n) is 5.24. The van der Waals surface area contributed by atoms with Crippen LogP contribution in [0.3, 0.4) is 0 Å². The van der Waals surface area contributed by atoms with E-state index in [1.54, 1.807) is 4.68 Å². The molecule has 0 saturated heterocycles. The summed E-state index contributed by atoms with van der Waals surface area (Å²) < 4.78 is 2.77. The van der Waals surface area contributed by atoms with E-state index in [4.69, 9.17) is 0 Å². The van der Waals surface area contributed by atoms with Crippen LogP contribution >= 0.6 is 0 Å². The number of carbonyl (C=O) groups is 1. The molecular formula is C20H23N5O2. The van der Waals surface area contributed by atoms with Crippen LogP contribution in [0.1, 0.15) is 44.9 Å². The molecule has 1 amide bonds. The first-order chi connectivity index (χ1) is 13.2. The molecule has 0 atom stereocenters. The van der Waals surface area contributed by atoms with Gasteiger partial charge in [0.2, 0.25) is 5.91 Å². The number of fused-ring (bicyclic) bond motifs is 1. The molecule has 2 heterocycles. The number of aromatic nitrogens is 4. The number of carbonyl (C=O) groups excluding carboxylic acids is 1. The Balaban J connectivity index is 1.49. The molecule has 1 aliphatic rings. The minimum absolute atomic E-state index is 0.153. The topological polar surface area (TPSA) is 81.8 Å². The lowest BCUT2D eigenvalue weighted by Crippen LogP contribution is -2.33. The normalized spacial score (nSPS) is 15.1. The van der Waals surface area contributed by atoms with Gasteiger partial charge in [-0.1, -0.05) is 50.3 Å². The maximum Gasteiger partial charge on any atom is 0.283 e. The molecule has 1 saturated carbocycles. The molecule has 27 heavy (non-hydrogen) atoms. The molecular weight excluding hydrogens is 342 g/mol. The van der Waals surface area contributed by atoms with Gasteiger partial charge in [0.25, 0.3) is 5.56 Å². The molecule has 1 aliphatic carbocycles. The Morgan fingerprint density at radius 1 is 1.15 bits per heavy atom. The van der Waals surface area contributed by atoms with Crippen LogP contribution < -0.4 is 11.0 Å². The van der Waals surface area contributed by atoms with Gasteiger partial charge >= 0.3 is 0 Å². The Bertz CT molecular complexity index is 987. The molecule has 4 rings (SSSR count). The largest absolute Gasteiger partial charge is 0.283 e. The molecule has 1 fully saturated rings. The van der Waals surface area contributed by atoms with Crippen molar-refractivity contribution in [3.05, 3.63) is 53.2 Å². The first kappa shape index (κ1) is 17.5. The van der Waals surface area contributed by atoms with Gasteiger partial charge in [-0.3, -0.25) is 15.0 Å². The highest BCUT2D eigenvalue weighted by Gasteiger charge is 2.16. The fourth-order valence-corrected chi connectivity index (χ4v) is 3.75. The van der Waals surface area contributed by atoms with Crippen molar-refractivity contribution in [3.63, 3.8) is 0 Å². The first-order valence-corrected chi connectivity index (χ1v) is 9.53. The van der Waals surface area contributed by atoms with E-state index in [9.17, 15) is 9.59 Å². The molecule has 2 aromatic heterocycles. The van der Waals surface area contributed by atoms with Gasteiger partial charge in [0.15, 0.2) is 5.65 Å². The van der Waals surface area contributed by atoms with Crippen LogP contribution in [-0.2, 0) is 4.79 Å². The van der Waals surface area contributed by atoms with Crippen molar-refractivity contribution in [1.29, 1.82) is 0 Å². The number of benzene rings is 1. The van der Waals surface area contributed by atoms with Crippen LogP contribution in [0.25, 0.3) is 16.7 Å². The fourth-order valence-electron chi connectivity index (χ4n) is 3.75. The van der Waals surface area contributed by atoms with Crippen LogP contribution in [0, 0.1) is 5.92 Å². The predicted octanol–water partition coefficient (Wildman–Crippen LogP) is 3.01. The summed E-state index contributed by atoms with van der Waals surface area (Å²) in [5.74, 6) is 0.477. The maximum atomic E-state index is 12.7. The van der Waals surface area contributed by atoms with Gasteiger partial charge in [0.1, 0.15) is 11.7 Å². The van der Waals surface area contributed by atoms with Gasteiger partial charge in [-0.2, -0.15) is 5.10 Å². The first-order valence-electron chi connectivity index (χ1n) is 9.53. The Labute approximate surface area is 157 Å². The van der Waals surface area contributed by atoms with Crippen molar-refractivity contribution in [1.82, 2.24) is 19.4 Å². The Morgan fingerprint density at radius 2 is 1.93 bits per heavy atom. The zero-order valence-corrected chi connectivity index (χ0v) is 15.2.